The van der Waals surface area contributed by atoms with Crippen molar-refractivity contribution in [3.63, 3.8) is 0 Å². The van der Waals surface area contributed by atoms with E-state index < -0.39 is 29.0 Å². The molecule has 2 fully saturated rings. The van der Waals surface area contributed by atoms with Crippen molar-refractivity contribution < 1.29 is 17.6 Å². The van der Waals surface area contributed by atoms with Gasteiger partial charge in [-0.1, -0.05) is 19.3 Å². The first-order chi connectivity index (χ1) is 10.0. The molecule has 0 bridgehead atoms. The third-order valence-electron chi connectivity index (χ3n) is 4.59. The molecule has 1 spiro atoms. The van der Waals surface area contributed by atoms with Crippen molar-refractivity contribution in [1.82, 2.24) is 5.32 Å². The topological polar surface area (TPSA) is 15.3 Å². The fourth-order valence-electron chi connectivity index (χ4n) is 3.55. The van der Waals surface area contributed by atoms with Gasteiger partial charge in [0.15, 0.2) is 23.3 Å². The third kappa shape index (κ3) is 2.61. The van der Waals surface area contributed by atoms with E-state index in [1.54, 1.807) is 0 Å². The van der Waals surface area contributed by atoms with E-state index in [0.717, 1.165) is 32.1 Å². The Morgan fingerprint density at radius 1 is 0.952 bits per heavy atom. The Morgan fingerprint density at radius 3 is 2.19 bits per heavy atom. The van der Waals surface area contributed by atoms with E-state index in [0.29, 0.717) is 19.6 Å². The van der Waals surface area contributed by atoms with Gasteiger partial charge < -0.3 is 10.2 Å². The Morgan fingerprint density at radius 2 is 1.57 bits per heavy atom. The maximum atomic E-state index is 13.9. The largest absolute Gasteiger partial charge is 0.363 e. The Balaban J connectivity index is 1.93. The van der Waals surface area contributed by atoms with E-state index in [-0.39, 0.29) is 11.6 Å². The van der Waals surface area contributed by atoms with Crippen molar-refractivity contribution in [3.05, 3.63) is 29.3 Å². The van der Waals surface area contributed by atoms with Crippen molar-refractivity contribution in [2.45, 2.75) is 37.6 Å². The van der Waals surface area contributed by atoms with Gasteiger partial charge in [0.1, 0.15) is 5.69 Å². The fraction of sp³-hybridized carbons (Fsp3) is 0.600. The Labute approximate surface area is 121 Å². The molecule has 2 nitrogen and oxygen atoms in total. The number of halogens is 4. The first-order valence-electron chi connectivity index (χ1n) is 7.35. The molecule has 0 unspecified atom stereocenters. The number of nitrogens with one attached hydrogen (secondary N) is 1. The van der Waals surface area contributed by atoms with E-state index >= 15 is 0 Å². The average molecular weight is 302 g/mol. The van der Waals surface area contributed by atoms with Crippen LogP contribution in [-0.4, -0.2) is 25.2 Å². The van der Waals surface area contributed by atoms with Crippen molar-refractivity contribution in [1.29, 1.82) is 0 Å². The monoisotopic (exact) mass is 302 g/mol. The van der Waals surface area contributed by atoms with Crippen LogP contribution in [0.25, 0.3) is 0 Å². The van der Waals surface area contributed by atoms with Gasteiger partial charge in [0.05, 0.1) is 0 Å². The van der Waals surface area contributed by atoms with Crippen LogP contribution in [0.1, 0.15) is 32.1 Å². The molecule has 0 radical (unpaired) electrons. The van der Waals surface area contributed by atoms with E-state index in [1.807, 2.05) is 0 Å². The van der Waals surface area contributed by atoms with Crippen molar-refractivity contribution in [2.24, 2.45) is 0 Å². The zero-order valence-corrected chi connectivity index (χ0v) is 11.7. The Hall–Kier alpha value is -1.30. The molecule has 1 aromatic rings. The molecule has 116 valence electrons. The highest BCUT2D eigenvalue weighted by Gasteiger charge is 2.38. The molecule has 1 N–H and O–H groups in total. The molecule has 1 heterocycles. The first kappa shape index (κ1) is 14.6. The van der Waals surface area contributed by atoms with Crippen LogP contribution >= 0.6 is 0 Å². The fourth-order valence-corrected chi connectivity index (χ4v) is 3.55. The van der Waals surface area contributed by atoms with Gasteiger partial charge in [-0.05, 0) is 12.8 Å². The minimum Gasteiger partial charge on any atom is -0.363 e. The second kappa shape index (κ2) is 5.48. The van der Waals surface area contributed by atoms with Gasteiger partial charge in [-0.3, -0.25) is 0 Å². The SMILES string of the molecule is Fc1cc(F)c(F)c(N2CCNC3(CCCCC3)C2)c1F. The first-order valence-corrected chi connectivity index (χ1v) is 7.35. The van der Waals surface area contributed by atoms with Gasteiger partial charge >= 0.3 is 0 Å². The molecule has 1 saturated heterocycles. The Bertz CT molecular complexity index is 509. The normalized spacial score (nSPS) is 21.8. The minimum absolute atomic E-state index is 0.196. The number of benzene rings is 1. The van der Waals surface area contributed by atoms with E-state index in [4.69, 9.17) is 0 Å². The molecule has 1 aliphatic heterocycles. The van der Waals surface area contributed by atoms with Crippen molar-refractivity contribution >= 4 is 5.69 Å². The number of piperazine rings is 1. The van der Waals surface area contributed by atoms with Crippen LogP contribution < -0.4 is 10.2 Å². The lowest BCUT2D eigenvalue weighted by molar-refractivity contribution is 0.214. The van der Waals surface area contributed by atoms with Gasteiger partial charge in [0.25, 0.3) is 0 Å². The molecule has 21 heavy (non-hydrogen) atoms. The van der Waals surface area contributed by atoms with Gasteiger partial charge in [-0.15, -0.1) is 0 Å². The van der Waals surface area contributed by atoms with Crippen molar-refractivity contribution in [3.8, 4) is 0 Å². The summed E-state index contributed by atoms with van der Waals surface area (Å²) in [6, 6.07) is 0.257. The molecule has 1 aromatic carbocycles. The lowest BCUT2D eigenvalue weighted by atomic mass is 9.80. The number of hydrogen-bond donors (Lipinski definition) is 1. The highest BCUT2D eigenvalue weighted by molar-refractivity contribution is 5.51. The molecule has 0 amide bonds. The third-order valence-corrected chi connectivity index (χ3v) is 4.59. The van der Waals surface area contributed by atoms with Gasteiger partial charge in [0.2, 0.25) is 0 Å². The summed E-state index contributed by atoms with van der Waals surface area (Å²) in [4.78, 5) is 1.44. The summed E-state index contributed by atoms with van der Waals surface area (Å²) in [5.74, 6) is -5.30. The zero-order chi connectivity index (χ0) is 15.0. The summed E-state index contributed by atoms with van der Waals surface area (Å²) in [6.07, 6.45) is 5.11. The van der Waals surface area contributed by atoms with Gasteiger partial charge in [0, 0.05) is 31.2 Å². The van der Waals surface area contributed by atoms with Crippen LogP contribution in [0, 0.1) is 23.3 Å². The van der Waals surface area contributed by atoms with Crippen LogP contribution in [0.2, 0.25) is 0 Å². The number of rotatable bonds is 1. The maximum absolute atomic E-state index is 13.9. The Kier molecular flexibility index (Phi) is 3.82. The molecule has 1 saturated carbocycles. The van der Waals surface area contributed by atoms with Gasteiger partial charge in [-0.2, -0.15) is 0 Å². The molecular formula is C15H18F4N2. The second-order valence-corrected chi connectivity index (χ2v) is 6.01. The van der Waals surface area contributed by atoms with Crippen LogP contribution in [0.3, 0.4) is 0 Å². The molecular weight excluding hydrogens is 284 g/mol. The predicted octanol–water partition coefficient (Wildman–Crippen LogP) is 3.36. The molecule has 3 rings (SSSR count). The van der Waals surface area contributed by atoms with Gasteiger partial charge in [-0.25, -0.2) is 17.6 Å². The number of anilines is 1. The molecule has 1 aliphatic carbocycles. The molecule has 2 aliphatic rings. The summed E-state index contributed by atoms with van der Waals surface area (Å²) in [6.45, 7) is 1.26. The summed E-state index contributed by atoms with van der Waals surface area (Å²) >= 11 is 0. The summed E-state index contributed by atoms with van der Waals surface area (Å²) in [5.41, 5.74) is -0.767. The molecule has 0 aromatic heterocycles. The maximum Gasteiger partial charge on any atom is 0.185 e. The standard InChI is InChI=1S/C15H18F4N2/c16-10-8-11(17)13(19)14(12(10)18)21-7-6-20-15(9-21)4-2-1-3-5-15/h8,20H,1-7,9H2. The lowest BCUT2D eigenvalue weighted by Gasteiger charge is -2.47. The summed E-state index contributed by atoms with van der Waals surface area (Å²) in [7, 11) is 0. The smallest absolute Gasteiger partial charge is 0.185 e. The van der Waals surface area contributed by atoms with Crippen molar-refractivity contribution in [2.75, 3.05) is 24.5 Å². The lowest BCUT2D eigenvalue weighted by Crippen LogP contribution is -2.61. The van der Waals surface area contributed by atoms with E-state index in [2.05, 4.69) is 5.32 Å². The zero-order valence-electron chi connectivity index (χ0n) is 11.7. The van der Waals surface area contributed by atoms with E-state index in [9.17, 15) is 17.6 Å². The summed E-state index contributed by atoms with van der Waals surface area (Å²) < 4.78 is 54.6. The predicted molar refractivity (Wildman–Crippen MR) is 72.3 cm³/mol. The van der Waals surface area contributed by atoms with Crippen LogP contribution in [0.15, 0.2) is 6.07 Å². The quantitative estimate of drug-likeness (QED) is 0.632. The highest BCUT2D eigenvalue weighted by atomic mass is 19.2. The average Bonchev–Trinajstić information content (AvgIpc) is 2.46. The molecule has 6 heteroatoms. The van der Waals surface area contributed by atoms with E-state index in [1.165, 1.54) is 4.90 Å². The van der Waals surface area contributed by atoms with Crippen LogP contribution in [0.5, 0.6) is 0 Å². The minimum atomic E-state index is -1.35. The highest BCUT2D eigenvalue weighted by Crippen LogP contribution is 2.35. The van der Waals surface area contributed by atoms with Crippen LogP contribution in [-0.2, 0) is 0 Å². The summed E-state index contributed by atoms with van der Waals surface area (Å²) in [5, 5.41) is 3.43. The van der Waals surface area contributed by atoms with Crippen LogP contribution in [0.4, 0.5) is 23.2 Å². The number of nitrogens with zero attached hydrogens (tertiary/aromatic N) is 1. The molecule has 0 atom stereocenters. The second-order valence-electron chi connectivity index (χ2n) is 6.01. The number of hydrogen-bond acceptors (Lipinski definition) is 2.